The van der Waals surface area contributed by atoms with Gasteiger partial charge in [0.15, 0.2) is 0 Å². The quantitative estimate of drug-likeness (QED) is 0.564. The second kappa shape index (κ2) is 7.03. The van der Waals surface area contributed by atoms with Crippen LogP contribution in [0.25, 0.3) is 22.3 Å². The Morgan fingerprint density at radius 2 is 2.04 bits per heavy atom. The molecule has 0 aliphatic rings. The SMILES string of the molecule is CC(C)C(NC(=O)c1cc2ccccc2[nH]1)c1nc(-c2cccnc2)no1. The van der Waals surface area contributed by atoms with E-state index in [1.54, 1.807) is 12.4 Å². The number of hydrogen-bond donors (Lipinski definition) is 2. The van der Waals surface area contributed by atoms with Crippen molar-refractivity contribution in [2.75, 3.05) is 0 Å². The number of benzene rings is 1. The molecule has 4 aromatic rings. The summed E-state index contributed by atoms with van der Waals surface area (Å²) >= 11 is 0. The molecule has 0 radical (unpaired) electrons. The molecule has 7 nitrogen and oxygen atoms in total. The maximum Gasteiger partial charge on any atom is 0.268 e. The van der Waals surface area contributed by atoms with Gasteiger partial charge >= 0.3 is 0 Å². The van der Waals surface area contributed by atoms with Gasteiger partial charge in [-0.15, -0.1) is 0 Å². The largest absolute Gasteiger partial charge is 0.351 e. The predicted octanol–water partition coefficient (Wildman–Crippen LogP) is 3.74. The van der Waals surface area contributed by atoms with E-state index in [0.717, 1.165) is 16.5 Å². The summed E-state index contributed by atoms with van der Waals surface area (Å²) in [4.78, 5) is 24.4. The number of nitrogens with zero attached hydrogens (tertiary/aromatic N) is 3. The average Bonchev–Trinajstić information content (AvgIpc) is 3.33. The Morgan fingerprint density at radius 1 is 1.19 bits per heavy atom. The number of nitrogens with one attached hydrogen (secondary N) is 2. The van der Waals surface area contributed by atoms with Crippen molar-refractivity contribution in [3.05, 3.63) is 66.4 Å². The molecule has 1 amide bonds. The van der Waals surface area contributed by atoms with Gasteiger partial charge in [0.05, 0.1) is 0 Å². The summed E-state index contributed by atoms with van der Waals surface area (Å²) in [6.07, 6.45) is 3.35. The van der Waals surface area contributed by atoms with E-state index < -0.39 is 6.04 Å². The first kappa shape index (κ1) is 17.0. The number of para-hydroxylation sites is 1. The first-order valence-electron chi connectivity index (χ1n) is 8.74. The molecule has 0 saturated carbocycles. The van der Waals surface area contributed by atoms with Crippen molar-refractivity contribution in [3.63, 3.8) is 0 Å². The van der Waals surface area contributed by atoms with E-state index in [9.17, 15) is 4.79 Å². The molecule has 4 rings (SSSR count). The van der Waals surface area contributed by atoms with Gasteiger partial charge in [0.2, 0.25) is 11.7 Å². The molecule has 0 aliphatic heterocycles. The number of aromatic amines is 1. The fourth-order valence-electron chi connectivity index (χ4n) is 2.90. The molecule has 3 aromatic heterocycles. The highest BCUT2D eigenvalue weighted by Gasteiger charge is 2.26. The fourth-order valence-corrected chi connectivity index (χ4v) is 2.90. The number of carbonyl (C=O) groups excluding carboxylic acids is 1. The van der Waals surface area contributed by atoms with E-state index in [1.807, 2.05) is 56.3 Å². The first-order valence-corrected chi connectivity index (χ1v) is 8.74. The van der Waals surface area contributed by atoms with Gasteiger partial charge in [-0.2, -0.15) is 4.98 Å². The van der Waals surface area contributed by atoms with Gasteiger partial charge in [-0.25, -0.2) is 0 Å². The van der Waals surface area contributed by atoms with Crippen LogP contribution in [0.5, 0.6) is 0 Å². The topological polar surface area (TPSA) is 96.7 Å². The van der Waals surface area contributed by atoms with Crippen molar-refractivity contribution in [3.8, 4) is 11.4 Å². The zero-order valence-electron chi connectivity index (χ0n) is 15.0. The summed E-state index contributed by atoms with van der Waals surface area (Å²) in [5, 5.41) is 8.00. The van der Waals surface area contributed by atoms with Gasteiger partial charge in [0, 0.05) is 28.9 Å². The van der Waals surface area contributed by atoms with Crippen molar-refractivity contribution in [1.82, 2.24) is 25.4 Å². The molecule has 7 heteroatoms. The molecule has 136 valence electrons. The molecule has 1 atom stereocenters. The number of hydrogen-bond acceptors (Lipinski definition) is 5. The predicted molar refractivity (Wildman–Crippen MR) is 101 cm³/mol. The first-order chi connectivity index (χ1) is 13.1. The molecule has 2 N–H and O–H groups in total. The number of rotatable bonds is 5. The summed E-state index contributed by atoms with van der Waals surface area (Å²) in [6.45, 7) is 3.98. The molecule has 1 unspecified atom stereocenters. The van der Waals surface area contributed by atoms with Crippen molar-refractivity contribution >= 4 is 16.8 Å². The highest BCUT2D eigenvalue weighted by molar-refractivity contribution is 5.98. The summed E-state index contributed by atoms with van der Waals surface area (Å²) in [5.41, 5.74) is 2.17. The Morgan fingerprint density at radius 3 is 2.78 bits per heavy atom. The molecule has 27 heavy (non-hydrogen) atoms. The third-order valence-electron chi connectivity index (χ3n) is 4.36. The molecule has 0 saturated heterocycles. The molecule has 0 fully saturated rings. The smallest absolute Gasteiger partial charge is 0.268 e. The maximum atomic E-state index is 12.7. The molecule has 0 bridgehead atoms. The van der Waals surface area contributed by atoms with E-state index in [0.29, 0.717) is 17.4 Å². The van der Waals surface area contributed by atoms with E-state index in [-0.39, 0.29) is 11.8 Å². The van der Waals surface area contributed by atoms with Crippen molar-refractivity contribution in [2.45, 2.75) is 19.9 Å². The van der Waals surface area contributed by atoms with Gasteiger partial charge in [0.25, 0.3) is 5.91 Å². The summed E-state index contributed by atoms with van der Waals surface area (Å²) in [7, 11) is 0. The molecular formula is C20H19N5O2. The maximum absolute atomic E-state index is 12.7. The van der Waals surface area contributed by atoms with Crippen LogP contribution in [0.1, 0.15) is 36.3 Å². The molecule has 0 spiro atoms. The monoisotopic (exact) mass is 361 g/mol. The van der Waals surface area contributed by atoms with Crippen LogP contribution >= 0.6 is 0 Å². The van der Waals surface area contributed by atoms with Gasteiger partial charge in [-0.1, -0.05) is 37.2 Å². The number of aromatic nitrogens is 4. The van der Waals surface area contributed by atoms with Crippen LogP contribution in [0, 0.1) is 5.92 Å². The number of pyridine rings is 1. The number of amides is 1. The van der Waals surface area contributed by atoms with Gasteiger partial charge in [-0.3, -0.25) is 9.78 Å². The summed E-state index contributed by atoms with van der Waals surface area (Å²) in [5.74, 6) is 0.670. The Labute approximate surface area is 155 Å². The fraction of sp³-hybridized carbons (Fsp3) is 0.200. The minimum absolute atomic E-state index is 0.0699. The lowest BCUT2D eigenvalue weighted by Crippen LogP contribution is -2.32. The Hall–Kier alpha value is -3.48. The van der Waals surface area contributed by atoms with Gasteiger partial charge in [-0.05, 0) is 30.2 Å². The lowest BCUT2D eigenvalue weighted by atomic mass is 10.0. The number of fused-ring (bicyclic) bond motifs is 1. The van der Waals surface area contributed by atoms with Crippen LogP contribution < -0.4 is 5.32 Å². The third kappa shape index (κ3) is 3.44. The minimum atomic E-state index is -0.401. The average molecular weight is 361 g/mol. The molecule has 0 aliphatic carbocycles. The van der Waals surface area contributed by atoms with Crippen LogP contribution in [0.4, 0.5) is 0 Å². The van der Waals surface area contributed by atoms with Crippen LogP contribution in [-0.4, -0.2) is 26.0 Å². The van der Waals surface area contributed by atoms with E-state index in [1.165, 1.54) is 0 Å². The molecular weight excluding hydrogens is 342 g/mol. The highest BCUT2D eigenvalue weighted by Crippen LogP contribution is 2.24. The lowest BCUT2D eigenvalue weighted by Gasteiger charge is -2.18. The van der Waals surface area contributed by atoms with E-state index >= 15 is 0 Å². The zero-order valence-corrected chi connectivity index (χ0v) is 15.0. The summed E-state index contributed by atoms with van der Waals surface area (Å²) in [6, 6.07) is 12.9. The van der Waals surface area contributed by atoms with Crippen LogP contribution in [0.15, 0.2) is 59.4 Å². The highest BCUT2D eigenvalue weighted by atomic mass is 16.5. The molecule has 1 aromatic carbocycles. The molecule has 3 heterocycles. The summed E-state index contributed by atoms with van der Waals surface area (Å²) < 4.78 is 5.42. The van der Waals surface area contributed by atoms with E-state index in [4.69, 9.17) is 4.52 Å². The zero-order chi connectivity index (χ0) is 18.8. The minimum Gasteiger partial charge on any atom is -0.351 e. The second-order valence-corrected chi connectivity index (χ2v) is 6.66. The van der Waals surface area contributed by atoms with Crippen LogP contribution in [0.2, 0.25) is 0 Å². The van der Waals surface area contributed by atoms with Crippen LogP contribution in [0.3, 0.4) is 0 Å². The Bertz CT molecular complexity index is 1040. The Kier molecular flexibility index (Phi) is 4.42. The van der Waals surface area contributed by atoms with Crippen molar-refractivity contribution in [1.29, 1.82) is 0 Å². The second-order valence-electron chi connectivity index (χ2n) is 6.66. The third-order valence-corrected chi connectivity index (χ3v) is 4.36. The van der Waals surface area contributed by atoms with Crippen LogP contribution in [-0.2, 0) is 0 Å². The standard InChI is InChI=1S/C20H19N5O2/c1-12(2)17(20-24-18(25-27-20)14-7-5-9-21-11-14)23-19(26)16-10-13-6-3-4-8-15(13)22-16/h3-12,17,22H,1-2H3,(H,23,26). The van der Waals surface area contributed by atoms with Crippen molar-refractivity contribution in [2.24, 2.45) is 5.92 Å². The normalized spacial score (nSPS) is 12.4. The van der Waals surface area contributed by atoms with Crippen molar-refractivity contribution < 1.29 is 9.32 Å². The Balaban J connectivity index is 1.58. The number of H-pyrrole nitrogens is 1. The number of carbonyl (C=O) groups is 1. The van der Waals surface area contributed by atoms with Gasteiger partial charge in [0.1, 0.15) is 11.7 Å². The van der Waals surface area contributed by atoms with E-state index in [2.05, 4.69) is 25.4 Å². The van der Waals surface area contributed by atoms with Gasteiger partial charge < -0.3 is 14.8 Å². The lowest BCUT2D eigenvalue weighted by molar-refractivity contribution is 0.0909.